The Morgan fingerprint density at radius 1 is 0.909 bits per heavy atom. The van der Waals surface area contributed by atoms with Crippen LogP contribution in [0.1, 0.15) is 57.5 Å². The fourth-order valence-corrected chi connectivity index (χ4v) is 4.89. The Bertz CT molecular complexity index is 1180. The van der Waals surface area contributed by atoms with Crippen LogP contribution in [0, 0.1) is 6.92 Å². The van der Waals surface area contributed by atoms with Crippen molar-refractivity contribution in [1.82, 2.24) is 19.9 Å². The number of amides is 1. The van der Waals surface area contributed by atoms with Gasteiger partial charge in [0.25, 0.3) is 5.91 Å². The molecule has 1 aliphatic rings. The van der Waals surface area contributed by atoms with E-state index in [4.69, 9.17) is 0 Å². The van der Waals surface area contributed by atoms with Crippen molar-refractivity contribution >= 4 is 5.91 Å². The first kappa shape index (κ1) is 21.1. The molecule has 1 atom stereocenters. The van der Waals surface area contributed by atoms with Crippen molar-refractivity contribution in [2.45, 2.75) is 31.7 Å². The van der Waals surface area contributed by atoms with Crippen molar-refractivity contribution in [2.75, 3.05) is 13.1 Å². The largest absolute Gasteiger partial charge is 0.337 e. The third kappa shape index (κ3) is 4.44. The number of benzene rings is 3. The molecule has 0 aliphatic carbocycles. The summed E-state index contributed by atoms with van der Waals surface area (Å²) in [4.78, 5) is 15.3. The molecule has 0 saturated carbocycles. The van der Waals surface area contributed by atoms with Gasteiger partial charge in [-0.25, -0.2) is 4.68 Å². The molecule has 0 N–H and O–H groups in total. The number of hydrogen-bond donors (Lipinski definition) is 0. The van der Waals surface area contributed by atoms with Gasteiger partial charge in [-0.2, -0.15) is 0 Å². The smallest absolute Gasteiger partial charge is 0.276 e. The van der Waals surface area contributed by atoms with Crippen LogP contribution < -0.4 is 0 Å². The second-order valence-electron chi connectivity index (χ2n) is 8.75. The Morgan fingerprint density at radius 3 is 2.21 bits per heavy atom. The summed E-state index contributed by atoms with van der Waals surface area (Å²) in [6, 6.07) is 28.8. The van der Waals surface area contributed by atoms with Crippen molar-refractivity contribution in [3.05, 3.63) is 119 Å². The van der Waals surface area contributed by atoms with Crippen LogP contribution in [0.15, 0.2) is 91.1 Å². The average Bonchev–Trinajstić information content (AvgIpc) is 3.35. The van der Waals surface area contributed by atoms with Crippen LogP contribution in [0.4, 0.5) is 0 Å². The summed E-state index contributed by atoms with van der Waals surface area (Å²) in [6.07, 6.45) is 3.89. The lowest BCUT2D eigenvalue weighted by Crippen LogP contribution is -2.39. The quantitative estimate of drug-likeness (QED) is 0.430. The molecule has 5 heteroatoms. The Labute approximate surface area is 194 Å². The van der Waals surface area contributed by atoms with Gasteiger partial charge in [-0.05, 0) is 42.0 Å². The van der Waals surface area contributed by atoms with Gasteiger partial charge in [0, 0.05) is 19.0 Å². The normalized spacial score (nSPS) is 16.2. The highest BCUT2D eigenvalue weighted by Gasteiger charge is 2.28. The minimum Gasteiger partial charge on any atom is -0.337 e. The van der Waals surface area contributed by atoms with Crippen LogP contribution in [0.5, 0.6) is 0 Å². The Kier molecular flexibility index (Phi) is 6.03. The molecule has 0 radical (unpaired) electrons. The molecule has 3 aromatic carbocycles. The standard InChI is InChI=1S/C28H28N4O/c1-21-11-8-9-17-25(21)24-16-10-18-31(19-24)28(33)26-20-32(30-29-26)27(22-12-4-2-5-13-22)23-14-6-3-7-15-23/h2-9,11-15,17,20,24,27H,10,16,18-19H2,1H3. The van der Waals surface area contributed by atoms with Gasteiger partial charge in [-0.3, -0.25) is 4.79 Å². The monoisotopic (exact) mass is 436 g/mol. The number of aryl methyl sites for hydroxylation is 1. The summed E-state index contributed by atoms with van der Waals surface area (Å²) in [5, 5.41) is 8.70. The summed E-state index contributed by atoms with van der Waals surface area (Å²) < 4.78 is 1.81. The molecule has 5 rings (SSSR count). The summed E-state index contributed by atoms with van der Waals surface area (Å²) in [6.45, 7) is 3.63. The SMILES string of the molecule is Cc1ccccc1C1CCCN(C(=O)c2cn(C(c3ccccc3)c3ccccc3)nn2)C1. The van der Waals surface area contributed by atoms with E-state index in [-0.39, 0.29) is 11.9 Å². The number of likely N-dealkylation sites (tertiary alicyclic amines) is 1. The minimum atomic E-state index is -0.137. The lowest BCUT2D eigenvalue weighted by atomic mass is 9.88. The molecule has 0 bridgehead atoms. The van der Waals surface area contributed by atoms with E-state index in [2.05, 4.69) is 65.8 Å². The van der Waals surface area contributed by atoms with Gasteiger partial charge in [-0.15, -0.1) is 5.10 Å². The van der Waals surface area contributed by atoms with Crippen LogP contribution in [-0.4, -0.2) is 38.9 Å². The van der Waals surface area contributed by atoms with E-state index < -0.39 is 0 Å². The molecule has 1 aliphatic heterocycles. The number of aromatic nitrogens is 3. The maximum absolute atomic E-state index is 13.4. The van der Waals surface area contributed by atoms with Crippen molar-refractivity contribution < 1.29 is 4.79 Å². The molecule has 33 heavy (non-hydrogen) atoms. The predicted octanol–water partition coefficient (Wildman–Crippen LogP) is 5.24. The first-order chi connectivity index (χ1) is 16.2. The number of rotatable bonds is 5. The molecule has 0 spiro atoms. The van der Waals surface area contributed by atoms with Gasteiger partial charge >= 0.3 is 0 Å². The molecule has 5 nitrogen and oxygen atoms in total. The van der Waals surface area contributed by atoms with Crippen LogP contribution in [-0.2, 0) is 0 Å². The van der Waals surface area contributed by atoms with Gasteiger partial charge in [0.1, 0.15) is 6.04 Å². The molecule has 166 valence electrons. The summed E-state index contributed by atoms with van der Waals surface area (Å²) in [5.74, 6) is 0.319. The van der Waals surface area contributed by atoms with Crippen molar-refractivity contribution in [2.24, 2.45) is 0 Å². The van der Waals surface area contributed by atoms with Gasteiger partial charge < -0.3 is 4.90 Å². The Morgan fingerprint density at radius 2 is 1.55 bits per heavy atom. The molecule has 1 aromatic heterocycles. The second kappa shape index (κ2) is 9.41. The van der Waals surface area contributed by atoms with Gasteiger partial charge in [0.05, 0.1) is 6.20 Å². The summed E-state index contributed by atoms with van der Waals surface area (Å²) in [5.41, 5.74) is 5.23. The number of hydrogen-bond acceptors (Lipinski definition) is 3. The molecular weight excluding hydrogens is 408 g/mol. The summed E-state index contributed by atoms with van der Waals surface area (Å²) >= 11 is 0. The number of carbonyl (C=O) groups is 1. The zero-order chi connectivity index (χ0) is 22.6. The predicted molar refractivity (Wildman–Crippen MR) is 129 cm³/mol. The third-order valence-electron chi connectivity index (χ3n) is 6.56. The Hall–Kier alpha value is -3.73. The molecule has 2 heterocycles. The zero-order valence-electron chi connectivity index (χ0n) is 18.8. The number of carbonyl (C=O) groups excluding carboxylic acids is 1. The molecule has 1 fully saturated rings. The molecule has 4 aromatic rings. The fraction of sp³-hybridized carbons (Fsp3) is 0.250. The van der Waals surface area contributed by atoms with Crippen LogP contribution in [0.25, 0.3) is 0 Å². The van der Waals surface area contributed by atoms with Crippen molar-refractivity contribution in [3.8, 4) is 0 Å². The van der Waals surface area contributed by atoms with E-state index in [1.54, 1.807) is 10.9 Å². The van der Waals surface area contributed by atoms with Crippen LogP contribution >= 0.6 is 0 Å². The molecule has 1 amide bonds. The lowest BCUT2D eigenvalue weighted by molar-refractivity contribution is 0.0700. The topological polar surface area (TPSA) is 51.0 Å². The number of nitrogens with zero attached hydrogens (tertiary/aromatic N) is 4. The molecule has 1 unspecified atom stereocenters. The van der Waals surface area contributed by atoms with E-state index in [0.29, 0.717) is 11.6 Å². The van der Waals surface area contributed by atoms with Crippen molar-refractivity contribution in [1.29, 1.82) is 0 Å². The van der Waals surface area contributed by atoms with E-state index >= 15 is 0 Å². The molecular formula is C28H28N4O. The second-order valence-corrected chi connectivity index (χ2v) is 8.75. The number of piperidine rings is 1. The summed E-state index contributed by atoms with van der Waals surface area (Å²) in [7, 11) is 0. The molecule has 1 saturated heterocycles. The van der Waals surface area contributed by atoms with Gasteiger partial charge in [-0.1, -0.05) is 90.1 Å². The highest BCUT2D eigenvalue weighted by molar-refractivity contribution is 5.92. The maximum atomic E-state index is 13.4. The minimum absolute atomic E-state index is 0.0422. The van der Waals surface area contributed by atoms with Crippen LogP contribution in [0.2, 0.25) is 0 Å². The zero-order valence-corrected chi connectivity index (χ0v) is 18.8. The van der Waals surface area contributed by atoms with E-state index in [1.807, 2.05) is 41.3 Å². The Balaban J connectivity index is 1.40. The van der Waals surface area contributed by atoms with E-state index in [9.17, 15) is 4.79 Å². The van der Waals surface area contributed by atoms with Crippen molar-refractivity contribution in [3.63, 3.8) is 0 Å². The highest BCUT2D eigenvalue weighted by atomic mass is 16.2. The van der Waals surface area contributed by atoms with E-state index in [1.165, 1.54) is 11.1 Å². The first-order valence-electron chi connectivity index (χ1n) is 11.6. The first-order valence-corrected chi connectivity index (χ1v) is 11.6. The lowest BCUT2D eigenvalue weighted by Gasteiger charge is -2.33. The van der Waals surface area contributed by atoms with Gasteiger partial charge in [0.2, 0.25) is 0 Å². The van der Waals surface area contributed by atoms with E-state index in [0.717, 1.165) is 37.1 Å². The van der Waals surface area contributed by atoms with Crippen LogP contribution in [0.3, 0.4) is 0 Å². The van der Waals surface area contributed by atoms with Gasteiger partial charge in [0.15, 0.2) is 5.69 Å². The maximum Gasteiger partial charge on any atom is 0.276 e. The highest BCUT2D eigenvalue weighted by Crippen LogP contribution is 2.30. The fourth-order valence-electron chi connectivity index (χ4n) is 4.89. The third-order valence-corrected chi connectivity index (χ3v) is 6.56. The average molecular weight is 437 g/mol.